The molecule has 0 fully saturated rings. The van der Waals surface area contributed by atoms with Crippen LogP contribution in [0, 0.1) is 6.92 Å². The van der Waals surface area contributed by atoms with Crippen molar-refractivity contribution >= 4 is 43.2 Å². The van der Waals surface area contributed by atoms with Crippen LogP contribution >= 0.6 is 0 Å². The molecule has 4 heteroatoms. The molecule has 0 unspecified atom stereocenters. The average molecular weight is 781 g/mol. The van der Waals surface area contributed by atoms with Crippen molar-refractivity contribution in [3.63, 3.8) is 0 Å². The normalized spacial score (nSPS) is 11.5. The van der Waals surface area contributed by atoms with Gasteiger partial charge in [0.15, 0.2) is 0 Å². The molecule has 0 aliphatic carbocycles. The summed E-state index contributed by atoms with van der Waals surface area (Å²) in [6.07, 6.45) is 4.54. The third-order valence-corrected chi connectivity index (χ3v) is 12.2. The average Bonchev–Trinajstić information content (AvgIpc) is 3.34. The molecule has 0 aliphatic heterocycles. The first kappa shape index (κ1) is 36.3. The minimum absolute atomic E-state index is 0.809. The molecule has 0 spiro atoms. The molecule has 0 radical (unpaired) electrons. The lowest BCUT2D eigenvalue weighted by Crippen LogP contribution is -1.99. The Morgan fingerprint density at radius 3 is 1.49 bits per heavy atom. The highest BCUT2D eigenvalue weighted by Gasteiger charge is 2.20. The number of benzene rings is 7. The monoisotopic (exact) mass is 780 g/mol. The van der Waals surface area contributed by atoms with Crippen molar-refractivity contribution in [2.75, 3.05) is 0 Å². The molecule has 11 aromatic rings. The fourth-order valence-electron chi connectivity index (χ4n) is 9.12. The van der Waals surface area contributed by atoms with Gasteiger partial charge in [-0.1, -0.05) is 140 Å². The number of fused-ring (bicyclic) bond motifs is 7. The molecule has 0 aliphatic rings. The summed E-state index contributed by atoms with van der Waals surface area (Å²) in [5, 5.41) is 8.72. The van der Waals surface area contributed by atoms with Gasteiger partial charge in [-0.25, -0.2) is 9.97 Å². The van der Waals surface area contributed by atoms with E-state index in [9.17, 15) is 0 Å². The third kappa shape index (κ3) is 6.41. The van der Waals surface area contributed by atoms with Gasteiger partial charge in [0.05, 0.1) is 34.0 Å². The van der Waals surface area contributed by atoms with Crippen molar-refractivity contribution in [3.05, 3.63) is 206 Å². The van der Waals surface area contributed by atoms with Gasteiger partial charge in [0.2, 0.25) is 0 Å². The smallest absolute Gasteiger partial charge is 0.0900 e. The molecule has 4 heterocycles. The second kappa shape index (κ2) is 15.1. The number of nitrogens with zero attached hydrogens (tertiary/aromatic N) is 4. The molecule has 0 saturated heterocycles. The van der Waals surface area contributed by atoms with Gasteiger partial charge in [-0.15, -0.1) is 0 Å². The van der Waals surface area contributed by atoms with E-state index in [0.717, 1.165) is 73.6 Å². The van der Waals surface area contributed by atoms with Crippen LogP contribution < -0.4 is 0 Å². The van der Waals surface area contributed by atoms with Gasteiger partial charge >= 0.3 is 0 Å². The van der Waals surface area contributed by atoms with Gasteiger partial charge in [0, 0.05) is 28.9 Å². The fourth-order valence-corrected chi connectivity index (χ4v) is 9.12. The molecular weight excluding hydrogens is 741 g/mol. The lowest BCUT2D eigenvalue weighted by Gasteiger charge is -2.19. The van der Waals surface area contributed by atoms with E-state index in [1.807, 2.05) is 36.4 Å². The third-order valence-electron chi connectivity index (χ3n) is 12.2. The van der Waals surface area contributed by atoms with Crippen LogP contribution in [0.1, 0.15) is 18.1 Å². The van der Waals surface area contributed by atoms with Crippen molar-refractivity contribution in [1.82, 2.24) is 19.9 Å². The molecule has 0 amide bonds. The number of hydrogen-bond donors (Lipinski definition) is 0. The summed E-state index contributed by atoms with van der Waals surface area (Å²) in [6, 6.07) is 64.9. The van der Waals surface area contributed by atoms with Crippen molar-refractivity contribution in [3.8, 4) is 67.4 Å². The van der Waals surface area contributed by atoms with Gasteiger partial charge in [-0.2, -0.15) is 0 Å². The predicted octanol–water partition coefficient (Wildman–Crippen LogP) is 14.8. The maximum Gasteiger partial charge on any atom is 0.0900 e. The van der Waals surface area contributed by atoms with E-state index in [1.165, 1.54) is 54.6 Å². The zero-order chi connectivity index (χ0) is 40.9. The van der Waals surface area contributed by atoms with Crippen LogP contribution in [0.2, 0.25) is 0 Å². The van der Waals surface area contributed by atoms with E-state index in [-0.39, 0.29) is 0 Å². The van der Waals surface area contributed by atoms with Crippen LogP contribution in [0.3, 0.4) is 0 Å². The summed E-state index contributed by atoms with van der Waals surface area (Å²) < 4.78 is 0. The van der Waals surface area contributed by atoms with Crippen LogP contribution in [-0.4, -0.2) is 19.9 Å². The molecule has 4 nitrogen and oxygen atoms in total. The Hall–Kier alpha value is -7.82. The highest BCUT2D eigenvalue weighted by atomic mass is 14.8. The summed E-state index contributed by atoms with van der Waals surface area (Å²) in [5.41, 5.74) is 15.7. The number of hydrogen-bond acceptors (Lipinski definition) is 4. The van der Waals surface area contributed by atoms with Gasteiger partial charge in [-0.05, 0) is 133 Å². The summed E-state index contributed by atoms with van der Waals surface area (Å²) >= 11 is 0. The van der Waals surface area contributed by atoms with E-state index in [1.54, 1.807) is 12.4 Å². The van der Waals surface area contributed by atoms with Gasteiger partial charge in [0.1, 0.15) is 0 Å². The van der Waals surface area contributed by atoms with Crippen LogP contribution in [0.4, 0.5) is 0 Å². The highest BCUT2D eigenvalue weighted by molar-refractivity contribution is 6.25. The molecule has 0 bridgehead atoms. The zero-order valence-electron chi connectivity index (χ0n) is 34.0. The first-order chi connectivity index (χ1) is 30.1. The molecule has 0 N–H and O–H groups in total. The first-order valence-electron chi connectivity index (χ1n) is 20.9. The van der Waals surface area contributed by atoms with Crippen molar-refractivity contribution < 1.29 is 0 Å². The van der Waals surface area contributed by atoms with Crippen LogP contribution in [0.15, 0.2) is 194 Å². The minimum Gasteiger partial charge on any atom is -0.255 e. The first-order valence-corrected chi connectivity index (χ1v) is 20.9. The van der Waals surface area contributed by atoms with E-state index < -0.39 is 0 Å². The standard InChI is InChI=1S/C57H40N4/c1-3-37-14-4-5-15-44(37)56-36(2)43-28-26-40(33-53(43)61-57(56)41-27-29-49-47-18-7-6-16-45(47)46-17-8-9-19-48(46)50(49)32-41)38-22-24-39(25-23-38)42-34-54(51-20-10-12-30-58-51)60-55(35-42)52-21-11-13-31-59-52/h4-35H,3H2,1-2H3. The van der Waals surface area contributed by atoms with Crippen LogP contribution in [-0.2, 0) is 6.42 Å². The quantitative estimate of drug-likeness (QED) is 0.151. The number of rotatable bonds is 7. The summed E-state index contributed by atoms with van der Waals surface area (Å²) in [5.74, 6) is 0. The number of pyridine rings is 4. The molecule has 4 aromatic heterocycles. The van der Waals surface area contributed by atoms with E-state index in [2.05, 4.69) is 169 Å². The molecule has 288 valence electrons. The van der Waals surface area contributed by atoms with Gasteiger partial charge < -0.3 is 0 Å². The maximum atomic E-state index is 5.62. The second-order valence-corrected chi connectivity index (χ2v) is 15.7. The Morgan fingerprint density at radius 2 is 0.885 bits per heavy atom. The molecule has 0 saturated carbocycles. The van der Waals surface area contributed by atoms with E-state index in [4.69, 9.17) is 9.97 Å². The zero-order valence-corrected chi connectivity index (χ0v) is 34.0. The van der Waals surface area contributed by atoms with Gasteiger partial charge in [0.25, 0.3) is 0 Å². The topological polar surface area (TPSA) is 51.6 Å². The Morgan fingerprint density at radius 1 is 0.377 bits per heavy atom. The van der Waals surface area contributed by atoms with Crippen molar-refractivity contribution in [1.29, 1.82) is 0 Å². The fraction of sp³-hybridized carbons (Fsp3) is 0.0526. The lowest BCUT2D eigenvalue weighted by atomic mass is 9.87. The summed E-state index contributed by atoms with van der Waals surface area (Å²) in [6.45, 7) is 4.50. The van der Waals surface area contributed by atoms with E-state index >= 15 is 0 Å². The maximum absolute atomic E-state index is 5.62. The number of aryl methyl sites for hydroxylation is 2. The van der Waals surface area contributed by atoms with Crippen LogP contribution in [0.5, 0.6) is 0 Å². The Kier molecular flexibility index (Phi) is 8.97. The second-order valence-electron chi connectivity index (χ2n) is 15.7. The Bertz CT molecular complexity index is 3360. The molecule has 0 atom stereocenters. The lowest BCUT2D eigenvalue weighted by molar-refractivity contribution is 1.14. The summed E-state index contributed by atoms with van der Waals surface area (Å²) in [7, 11) is 0. The number of aromatic nitrogens is 4. The van der Waals surface area contributed by atoms with E-state index in [0.29, 0.717) is 0 Å². The highest BCUT2D eigenvalue weighted by Crippen LogP contribution is 2.43. The Labute approximate surface area is 354 Å². The molecule has 61 heavy (non-hydrogen) atoms. The van der Waals surface area contributed by atoms with Crippen LogP contribution in [0.25, 0.3) is 111 Å². The molecule has 11 rings (SSSR count). The Balaban J connectivity index is 1.05. The SMILES string of the molecule is CCc1ccccc1-c1c(-c2ccc3c4ccccc4c4ccccc4c3c2)nc2cc(-c3ccc(-c4cc(-c5ccccn5)nc(-c5ccccn5)c4)cc3)ccc2c1C. The van der Waals surface area contributed by atoms with Crippen molar-refractivity contribution in [2.24, 2.45) is 0 Å². The largest absolute Gasteiger partial charge is 0.255 e. The molecular formula is C57H40N4. The van der Waals surface area contributed by atoms with Gasteiger partial charge in [-0.3, -0.25) is 9.97 Å². The molecule has 7 aromatic carbocycles. The summed E-state index contributed by atoms with van der Waals surface area (Å²) in [4.78, 5) is 19.8. The predicted molar refractivity (Wildman–Crippen MR) is 254 cm³/mol. The van der Waals surface area contributed by atoms with Crippen molar-refractivity contribution in [2.45, 2.75) is 20.3 Å². The minimum atomic E-state index is 0.809.